The first-order valence-corrected chi connectivity index (χ1v) is 0. The Labute approximate surface area is 68.5 Å². The second kappa shape index (κ2) is 19.6. The fourth-order valence-corrected chi connectivity index (χ4v) is 0. The van der Waals surface area contributed by atoms with E-state index < -0.39 is 0 Å². The van der Waals surface area contributed by atoms with Crippen molar-refractivity contribution in [3.8, 4) is 0 Å². The van der Waals surface area contributed by atoms with Crippen molar-refractivity contribution in [2.45, 2.75) is 0 Å². The Morgan fingerprint density at radius 1 is 0.500 bits per heavy atom. The third-order valence-corrected chi connectivity index (χ3v) is 0. The van der Waals surface area contributed by atoms with Gasteiger partial charge in [-0.15, -0.1) is 0 Å². The summed E-state index contributed by atoms with van der Waals surface area (Å²) in [6, 6.07) is 0. The van der Waals surface area contributed by atoms with Crippen LogP contribution in [0.5, 0.6) is 0 Å². The van der Waals surface area contributed by atoms with Gasteiger partial charge in [0.2, 0.25) is 0 Å². The van der Waals surface area contributed by atoms with Gasteiger partial charge in [-0.25, -0.2) is 0 Å². The van der Waals surface area contributed by atoms with Crippen molar-refractivity contribution in [3.63, 3.8) is 0 Å². The number of hydrogen-bond donors (Lipinski definition) is 0. The molecule has 0 radical (unpaired) electrons. The Morgan fingerprint density at radius 2 is 0.500 bits per heavy atom. The van der Waals surface area contributed by atoms with Gasteiger partial charge in [-0.05, 0) is 0 Å². The Morgan fingerprint density at radius 3 is 0.500 bits per heavy atom. The monoisotopic (exact) mass is 432 g/mol. The second-order valence-electron chi connectivity index (χ2n) is 0. The summed E-state index contributed by atoms with van der Waals surface area (Å²) >= 11 is 0. The van der Waals surface area contributed by atoms with Crippen molar-refractivity contribution in [1.82, 2.24) is 0 Å². The van der Waals surface area contributed by atoms with Crippen LogP contribution in [-0.2, 0) is 69.1 Å². The summed E-state index contributed by atoms with van der Waals surface area (Å²) in [5.74, 6) is 0. The molecule has 0 aliphatic heterocycles. The predicted molar refractivity (Wildman–Crippen MR) is 14.7 cm³/mol. The molecule has 0 aromatic rings. The smallest absolute Gasteiger partial charge is 2.00 e. The van der Waals surface area contributed by atoms with Gasteiger partial charge in [0.1, 0.15) is 0 Å². The Hall–Kier alpha value is 2.08. The van der Waals surface area contributed by atoms with Crippen LogP contribution in [0.4, 0.5) is 0 Å². The zero-order chi connectivity index (χ0) is 0. The van der Waals surface area contributed by atoms with Gasteiger partial charge in [0.15, 0.2) is 0 Å². The molecule has 0 aromatic heterocycles. The van der Waals surface area contributed by atoms with E-state index in [4.69, 9.17) is 0 Å². The van der Waals surface area contributed by atoms with Gasteiger partial charge in [-0.3, -0.25) is 0 Å². The van der Waals surface area contributed by atoms with Crippen molar-refractivity contribution >= 4 is 27.0 Å². The van der Waals surface area contributed by atoms with Crippen LogP contribution in [0, 0.1) is 0 Å². The van der Waals surface area contributed by atoms with Crippen LogP contribution in [0.2, 0.25) is 0 Å². The molecule has 0 saturated heterocycles. The molecule has 0 atom stereocenters. The summed E-state index contributed by atoms with van der Waals surface area (Å²) in [5.41, 5.74) is 0. The predicted octanol–water partition coefficient (Wildman–Crippen LogP) is -0.00980. The molecule has 0 unspecified atom stereocenters. The largest absolute Gasteiger partial charge is 2.00 e. The minimum absolute atomic E-state index is 0. The molecule has 0 heterocycles. The molecule has 0 nitrogen and oxygen atoms in total. The zero-order valence-electron chi connectivity index (χ0n) is 1.63. The average molecular weight is 432 g/mol. The van der Waals surface area contributed by atoms with Crippen LogP contribution in [-0.4, -0.2) is 0 Å². The van der Waals surface area contributed by atoms with Gasteiger partial charge in [0.25, 0.3) is 0 Å². The fraction of sp³-hybridized carbons (Fsp3) is 0. The van der Waals surface area contributed by atoms with Crippen LogP contribution in [0.25, 0.3) is 0 Å². The number of rotatable bonds is 0. The molecule has 0 aliphatic rings. The quantitative estimate of drug-likeness (QED) is 0.506. The first-order valence-electron chi connectivity index (χ1n) is 0. The van der Waals surface area contributed by atoms with E-state index in [0.717, 1.165) is 0 Å². The molecule has 0 fully saturated rings. The maximum atomic E-state index is 0. The summed E-state index contributed by atoms with van der Waals surface area (Å²) in [7, 11) is 0. The van der Waals surface area contributed by atoms with Crippen LogP contribution < -0.4 is 0 Å². The van der Waals surface area contributed by atoms with Crippen molar-refractivity contribution in [1.29, 1.82) is 0 Å². The SMILES string of the molecule is [S-2].[S-2].[W+2].[W+2]. The maximum Gasteiger partial charge on any atom is 2.00 e. The van der Waals surface area contributed by atoms with Crippen LogP contribution in [0.1, 0.15) is 0 Å². The van der Waals surface area contributed by atoms with E-state index in [9.17, 15) is 0 Å². The average Bonchev–Trinajstić information content (AvgIpc) is 0. The van der Waals surface area contributed by atoms with E-state index in [-0.39, 0.29) is 69.1 Å². The minimum atomic E-state index is 0. The first-order chi connectivity index (χ1) is 0. The Bertz CT molecular complexity index is 4.00. The van der Waals surface area contributed by atoms with Gasteiger partial charge in [0.05, 0.1) is 0 Å². The minimum Gasteiger partial charge on any atom is -2.00 e. The molecule has 0 rings (SSSR count). The normalized spacial score (nSPS) is 0. The summed E-state index contributed by atoms with van der Waals surface area (Å²) < 4.78 is 0. The molecule has 0 aliphatic carbocycles. The third-order valence-electron chi connectivity index (χ3n) is 0. The molecule has 0 bridgehead atoms. The van der Waals surface area contributed by atoms with E-state index in [0.29, 0.717) is 0 Å². The van der Waals surface area contributed by atoms with Crippen molar-refractivity contribution in [3.05, 3.63) is 0 Å². The zero-order valence-corrected chi connectivity index (χ0v) is 9.13. The van der Waals surface area contributed by atoms with Gasteiger partial charge in [0, 0.05) is 0 Å². The van der Waals surface area contributed by atoms with E-state index >= 15 is 0 Å². The summed E-state index contributed by atoms with van der Waals surface area (Å²) in [6.45, 7) is 0. The molecule has 0 amide bonds. The molecule has 0 N–H and O–H groups in total. The summed E-state index contributed by atoms with van der Waals surface area (Å²) in [5, 5.41) is 0. The van der Waals surface area contributed by atoms with E-state index in [2.05, 4.69) is 0 Å². The fourth-order valence-electron chi connectivity index (χ4n) is 0. The molecular formula is S2W2. The van der Waals surface area contributed by atoms with E-state index in [1.807, 2.05) is 0 Å². The summed E-state index contributed by atoms with van der Waals surface area (Å²) in [6.07, 6.45) is 0. The van der Waals surface area contributed by atoms with Gasteiger partial charge in [-0.2, -0.15) is 0 Å². The molecule has 0 saturated carbocycles. The molecule has 4 heteroatoms. The molecule has 24 valence electrons. The first kappa shape index (κ1) is 36.3. The van der Waals surface area contributed by atoms with E-state index in [1.165, 1.54) is 0 Å². The molecule has 4 heavy (non-hydrogen) atoms. The standard InChI is InChI=1S/2S.2W/q2*-2;2*+2. The second-order valence-corrected chi connectivity index (χ2v) is 0. The summed E-state index contributed by atoms with van der Waals surface area (Å²) in [4.78, 5) is 0. The van der Waals surface area contributed by atoms with Crippen LogP contribution in [0.15, 0.2) is 0 Å². The maximum absolute atomic E-state index is 0. The van der Waals surface area contributed by atoms with Crippen molar-refractivity contribution in [2.24, 2.45) is 0 Å². The Kier molecular flexibility index (Phi) is 178. The van der Waals surface area contributed by atoms with Gasteiger partial charge < -0.3 is 27.0 Å². The molecule has 0 aromatic carbocycles. The third kappa shape index (κ3) is 8.95. The van der Waals surface area contributed by atoms with Gasteiger partial charge in [-0.1, -0.05) is 0 Å². The van der Waals surface area contributed by atoms with Crippen LogP contribution >= 0.6 is 0 Å². The van der Waals surface area contributed by atoms with Crippen molar-refractivity contribution in [2.75, 3.05) is 0 Å². The van der Waals surface area contributed by atoms with Crippen molar-refractivity contribution < 1.29 is 42.1 Å². The van der Waals surface area contributed by atoms with Crippen LogP contribution in [0.3, 0.4) is 0 Å². The topological polar surface area (TPSA) is 0 Å². The van der Waals surface area contributed by atoms with E-state index in [1.54, 1.807) is 0 Å². The Balaban J connectivity index is 0. The molecular weight excluding hydrogens is 432 g/mol. The number of hydrogen-bond acceptors (Lipinski definition) is 0. The van der Waals surface area contributed by atoms with Gasteiger partial charge >= 0.3 is 42.1 Å². The molecule has 0 spiro atoms.